The molecule has 0 atom stereocenters. The van der Waals surface area contributed by atoms with Crippen LogP contribution in [0.1, 0.15) is 12.5 Å². The Labute approximate surface area is 111 Å². The van der Waals surface area contributed by atoms with Gasteiger partial charge >= 0.3 is 0 Å². The maximum Gasteiger partial charge on any atom is 0.263 e. The minimum atomic E-state index is -3.78. The van der Waals surface area contributed by atoms with Crippen LogP contribution in [0.3, 0.4) is 0 Å². The van der Waals surface area contributed by atoms with Crippen LogP contribution in [0.2, 0.25) is 0 Å². The van der Waals surface area contributed by atoms with E-state index in [4.69, 9.17) is 5.26 Å². The molecule has 0 aliphatic carbocycles. The maximum atomic E-state index is 12.2. The molecule has 19 heavy (non-hydrogen) atoms. The van der Waals surface area contributed by atoms with Gasteiger partial charge in [-0.25, -0.2) is 8.42 Å². The zero-order valence-electron chi connectivity index (χ0n) is 10.2. The summed E-state index contributed by atoms with van der Waals surface area (Å²) in [5, 5.41) is 12.9. The van der Waals surface area contributed by atoms with Crippen molar-refractivity contribution in [3.05, 3.63) is 42.2 Å². The molecular weight excluding hydrogens is 264 g/mol. The van der Waals surface area contributed by atoms with Gasteiger partial charge in [-0.2, -0.15) is 10.4 Å². The van der Waals surface area contributed by atoms with Crippen molar-refractivity contribution >= 4 is 15.7 Å². The fourth-order valence-corrected chi connectivity index (χ4v) is 2.78. The fourth-order valence-electron chi connectivity index (χ4n) is 1.59. The van der Waals surface area contributed by atoms with Gasteiger partial charge in [0.25, 0.3) is 10.0 Å². The largest absolute Gasteiger partial charge is 0.276 e. The van der Waals surface area contributed by atoms with E-state index in [2.05, 4.69) is 9.82 Å². The summed E-state index contributed by atoms with van der Waals surface area (Å²) in [5.41, 5.74) is 0.479. The third-order valence-electron chi connectivity index (χ3n) is 2.51. The van der Waals surface area contributed by atoms with E-state index in [1.165, 1.54) is 18.3 Å². The fraction of sp³-hybridized carbons (Fsp3) is 0.167. The van der Waals surface area contributed by atoms with Crippen molar-refractivity contribution < 1.29 is 8.42 Å². The van der Waals surface area contributed by atoms with E-state index in [0.29, 0.717) is 12.2 Å². The SMILES string of the molecule is CCn1cc(NS(=O)(=O)c2ccccc2C#N)cn1. The van der Waals surface area contributed by atoms with Crippen LogP contribution < -0.4 is 4.72 Å². The predicted molar refractivity (Wildman–Crippen MR) is 69.9 cm³/mol. The highest BCUT2D eigenvalue weighted by Gasteiger charge is 2.18. The average molecular weight is 276 g/mol. The second-order valence-corrected chi connectivity index (χ2v) is 5.45. The predicted octanol–water partition coefficient (Wildman–Crippen LogP) is 1.58. The van der Waals surface area contributed by atoms with E-state index in [0.717, 1.165) is 0 Å². The zero-order valence-corrected chi connectivity index (χ0v) is 11.1. The lowest BCUT2D eigenvalue weighted by Gasteiger charge is -2.06. The first-order valence-corrected chi connectivity index (χ1v) is 7.09. The summed E-state index contributed by atoms with van der Waals surface area (Å²) in [7, 11) is -3.78. The Bertz CT molecular complexity index is 728. The van der Waals surface area contributed by atoms with Crippen molar-refractivity contribution in [2.45, 2.75) is 18.4 Å². The Balaban J connectivity index is 2.35. The zero-order chi connectivity index (χ0) is 13.9. The highest BCUT2D eigenvalue weighted by atomic mass is 32.2. The molecule has 0 amide bonds. The molecule has 0 aliphatic heterocycles. The maximum absolute atomic E-state index is 12.2. The molecule has 0 fully saturated rings. The number of hydrogen-bond acceptors (Lipinski definition) is 4. The van der Waals surface area contributed by atoms with Gasteiger partial charge in [0.2, 0.25) is 0 Å². The molecule has 0 saturated heterocycles. The van der Waals surface area contributed by atoms with Crippen LogP contribution in [0.25, 0.3) is 0 Å². The highest BCUT2D eigenvalue weighted by molar-refractivity contribution is 7.92. The van der Waals surface area contributed by atoms with Crippen LogP contribution in [-0.4, -0.2) is 18.2 Å². The smallest absolute Gasteiger partial charge is 0.263 e. The molecule has 1 N–H and O–H groups in total. The third-order valence-corrected chi connectivity index (χ3v) is 3.95. The molecule has 98 valence electrons. The normalized spacial score (nSPS) is 10.9. The van der Waals surface area contributed by atoms with E-state index in [1.807, 2.05) is 13.0 Å². The number of sulfonamides is 1. The van der Waals surface area contributed by atoms with Crippen molar-refractivity contribution in [2.75, 3.05) is 4.72 Å². The Kier molecular flexibility index (Phi) is 3.53. The van der Waals surface area contributed by atoms with Crippen molar-refractivity contribution in [1.29, 1.82) is 5.26 Å². The number of hydrogen-bond donors (Lipinski definition) is 1. The summed E-state index contributed by atoms with van der Waals surface area (Å²) in [6.45, 7) is 2.55. The van der Waals surface area contributed by atoms with Crippen molar-refractivity contribution in [2.24, 2.45) is 0 Å². The van der Waals surface area contributed by atoms with Crippen molar-refractivity contribution in [3.8, 4) is 6.07 Å². The quantitative estimate of drug-likeness (QED) is 0.918. The first kappa shape index (κ1) is 13.1. The van der Waals surface area contributed by atoms with Crippen LogP contribution in [0.15, 0.2) is 41.6 Å². The first-order chi connectivity index (χ1) is 9.06. The van der Waals surface area contributed by atoms with E-state index >= 15 is 0 Å². The number of nitrogens with zero attached hydrogens (tertiary/aromatic N) is 3. The molecule has 2 rings (SSSR count). The number of aromatic nitrogens is 2. The summed E-state index contributed by atoms with van der Waals surface area (Å²) < 4.78 is 28.4. The molecule has 0 radical (unpaired) electrons. The topological polar surface area (TPSA) is 87.8 Å². The van der Waals surface area contributed by atoms with Gasteiger partial charge in [-0.05, 0) is 19.1 Å². The Morgan fingerprint density at radius 1 is 1.42 bits per heavy atom. The number of nitrogens with one attached hydrogen (secondary N) is 1. The van der Waals surface area contributed by atoms with Crippen molar-refractivity contribution in [3.63, 3.8) is 0 Å². The third kappa shape index (κ3) is 2.74. The van der Waals surface area contributed by atoms with Gasteiger partial charge in [0, 0.05) is 12.7 Å². The summed E-state index contributed by atoms with van der Waals surface area (Å²) in [5.74, 6) is 0. The van der Waals surface area contributed by atoms with Gasteiger partial charge in [0.15, 0.2) is 0 Å². The van der Waals surface area contributed by atoms with Crippen LogP contribution in [-0.2, 0) is 16.6 Å². The minimum Gasteiger partial charge on any atom is -0.276 e. The van der Waals surface area contributed by atoms with Gasteiger partial charge in [0.05, 0.1) is 17.4 Å². The van der Waals surface area contributed by atoms with Gasteiger partial charge in [-0.15, -0.1) is 0 Å². The van der Waals surface area contributed by atoms with Gasteiger partial charge < -0.3 is 0 Å². The molecule has 1 aromatic heterocycles. The first-order valence-electron chi connectivity index (χ1n) is 5.61. The number of nitriles is 1. The summed E-state index contributed by atoms with van der Waals surface area (Å²) in [6.07, 6.45) is 3.02. The minimum absolute atomic E-state index is 0.0400. The summed E-state index contributed by atoms with van der Waals surface area (Å²) in [4.78, 5) is -0.0400. The summed E-state index contributed by atoms with van der Waals surface area (Å²) >= 11 is 0. The van der Waals surface area contributed by atoms with E-state index in [9.17, 15) is 8.42 Å². The van der Waals surface area contributed by atoms with Gasteiger partial charge in [-0.1, -0.05) is 12.1 Å². The van der Waals surface area contributed by atoms with Crippen LogP contribution >= 0.6 is 0 Å². The van der Waals surface area contributed by atoms with Crippen LogP contribution in [0, 0.1) is 11.3 Å². The molecule has 7 heteroatoms. The van der Waals surface area contributed by atoms with Gasteiger partial charge in [0.1, 0.15) is 11.0 Å². The molecule has 0 spiro atoms. The second kappa shape index (κ2) is 5.12. The Hall–Kier alpha value is -2.33. The van der Waals surface area contributed by atoms with Crippen molar-refractivity contribution in [1.82, 2.24) is 9.78 Å². The lowest BCUT2D eigenvalue weighted by atomic mass is 10.2. The van der Waals surface area contributed by atoms with E-state index in [1.54, 1.807) is 23.0 Å². The number of anilines is 1. The average Bonchev–Trinajstić information content (AvgIpc) is 2.85. The molecule has 1 heterocycles. The Morgan fingerprint density at radius 2 is 2.16 bits per heavy atom. The second-order valence-electron chi connectivity index (χ2n) is 3.80. The number of aryl methyl sites for hydroxylation is 1. The lowest BCUT2D eigenvalue weighted by Crippen LogP contribution is -2.14. The molecule has 6 nitrogen and oxygen atoms in total. The molecule has 0 bridgehead atoms. The highest BCUT2D eigenvalue weighted by Crippen LogP contribution is 2.18. The molecule has 2 aromatic rings. The standard InChI is InChI=1S/C12H12N4O2S/c1-2-16-9-11(8-14-16)15-19(17,18)12-6-4-3-5-10(12)7-13/h3-6,8-9,15H,2H2,1H3. The Morgan fingerprint density at radius 3 is 2.79 bits per heavy atom. The number of rotatable bonds is 4. The van der Waals surface area contributed by atoms with Crippen LogP contribution in [0.5, 0.6) is 0 Å². The molecule has 0 saturated carbocycles. The molecule has 1 aromatic carbocycles. The van der Waals surface area contributed by atoms with E-state index in [-0.39, 0.29) is 10.5 Å². The van der Waals surface area contributed by atoms with Crippen LogP contribution in [0.4, 0.5) is 5.69 Å². The molecule has 0 unspecified atom stereocenters. The lowest BCUT2D eigenvalue weighted by molar-refractivity contribution is 0.601. The molecular formula is C12H12N4O2S. The summed E-state index contributed by atoms with van der Waals surface area (Å²) in [6, 6.07) is 7.91. The number of benzene rings is 1. The van der Waals surface area contributed by atoms with E-state index < -0.39 is 10.0 Å². The monoisotopic (exact) mass is 276 g/mol. The van der Waals surface area contributed by atoms with Gasteiger partial charge in [-0.3, -0.25) is 9.40 Å². The molecule has 0 aliphatic rings.